The Hall–Kier alpha value is -2.00. The first-order valence-corrected chi connectivity index (χ1v) is 6.39. The molecule has 2 N–H and O–H groups in total. The first-order valence-electron chi connectivity index (χ1n) is 6.39. The summed E-state index contributed by atoms with van der Waals surface area (Å²) in [6, 6.07) is 15.9. The van der Waals surface area contributed by atoms with Gasteiger partial charge in [-0.15, -0.1) is 0 Å². The summed E-state index contributed by atoms with van der Waals surface area (Å²) in [7, 11) is 4.06. The zero-order valence-electron chi connectivity index (χ0n) is 11.5. The Labute approximate surface area is 114 Å². The lowest BCUT2D eigenvalue weighted by atomic mass is 10.0. The Bertz CT molecular complexity index is 521. The first kappa shape index (κ1) is 13.4. The normalized spacial score (nSPS) is 10.7. The molecule has 0 aliphatic heterocycles. The van der Waals surface area contributed by atoms with Crippen molar-refractivity contribution in [1.82, 2.24) is 4.90 Å². The molecule has 0 amide bonds. The van der Waals surface area contributed by atoms with E-state index in [0.717, 1.165) is 29.1 Å². The van der Waals surface area contributed by atoms with E-state index in [-0.39, 0.29) is 0 Å². The van der Waals surface area contributed by atoms with Crippen LogP contribution in [0.1, 0.15) is 0 Å². The minimum Gasteiger partial charge on any atom is -0.492 e. The SMILES string of the molecule is CN(C)CCOc1ccc(-c2ccccc2N)cc1. The first-order chi connectivity index (χ1) is 9.16. The maximum atomic E-state index is 5.97. The van der Waals surface area contributed by atoms with Crippen LogP contribution in [0.25, 0.3) is 11.1 Å². The van der Waals surface area contributed by atoms with Crippen molar-refractivity contribution >= 4 is 5.69 Å². The van der Waals surface area contributed by atoms with E-state index < -0.39 is 0 Å². The summed E-state index contributed by atoms with van der Waals surface area (Å²) in [4.78, 5) is 2.10. The standard InChI is InChI=1S/C16H20N2O/c1-18(2)11-12-19-14-9-7-13(8-10-14)15-5-3-4-6-16(15)17/h3-10H,11-12,17H2,1-2H3. The second-order valence-corrected chi connectivity index (χ2v) is 4.76. The molecule has 0 heterocycles. The third kappa shape index (κ3) is 3.73. The minimum absolute atomic E-state index is 0.694. The molecule has 0 bridgehead atoms. The fourth-order valence-corrected chi connectivity index (χ4v) is 1.84. The van der Waals surface area contributed by atoms with Crippen molar-refractivity contribution in [3.05, 3.63) is 48.5 Å². The zero-order chi connectivity index (χ0) is 13.7. The number of nitrogen functional groups attached to an aromatic ring is 1. The van der Waals surface area contributed by atoms with E-state index in [1.807, 2.05) is 62.6 Å². The van der Waals surface area contributed by atoms with Gasteiger partial charge in [0.2, 0.25) is 0 Å². The third-order valence-electron chi connectivity index (χ3n) is 2.93. The molecule has 2 aromatic carbocycles. The van der Waals surface area contributed by atoms with Crippen LogP contribution in [-0.2, 0) is 0 Å². The number of likely N-dealkylation sites (N-methyl/N-ethyl adjacent to an activating group) is 1. The molecule has 0 atom stereocenters. The molecule has 0 aliphatic carbocycles. The molecular formula is C16H20N2O. The zero-order valence-corrected chi connectivity index (χ0v) is 11.5. The summed E-state index contributed by atoms with van der Waals surface area (Å²) in [5.74, 6) is 0.889. The van der Waals surface area contributed by atoms with Crippen molar-refractivity contribution in [2.45, 2.75) is 0 Å². The van der Waals surface area contributed by atoms with Crippen molar-refractivity contribution in [3.63, 3.8) is 0 Å². The molecule has 3 nitrogen and oxygen atoms in total. The number of ether oxygens (including phenoxy) is 1. The third-order valence-corrected chi connectivity index (χ3v) is 2.93. The number of anilines is 1. The van der Waals surface area contributed by atoms with Crippen LogP contribution in [0.5, 0.6) is 5.75 Å². The molecule has 0 radical (unpaired) electrons. The predicted molar refractivity (Wildman–Crippen MR) is 80.3 cm³/mol. The number of nitrogens with two attached hydrogens (primary N) is 1. The largest absolute Gasteiger partial charge is 0.492 e. The molecule has 0 aliphatic rings. The summed E-state index contributed by atoms with van der Waals surface area (Å²) in [6.07, 6.45) is 0. The summed E-state index contributed by atoms with van der Waals surface area (Å²) in [5.41, 5.74) is 8.93. The van der Waals surface area contributed by atoms with Crippen molar-refractivity contribution < 1.29 is 4.74 Å². The fourth-order valence-electron chi connectivity index (χ4n) is 1.84. The van der Waals surface area contributed by atoms with Crippen LogP contribution >= 0.6 is 0 Å². The highest BCUT2D eigenvalue weighted by Crippen LogP contribution is 2.27. The van der Waals surface area contributed by atoms with Gasteiger partial charge in [0, 0.05) is 17.8 Å². The molecule has 3 heteroatoms. The van der Waals surface area contributed by atoms with Gasteiger partial charge in [-0.25, -0.2) is 0 Å². The number of hydrogen-bond donors (Lipinski definition) is 1. The Kier molecular flexibility index (Phi) is 4.42. The lowest BCUT2D eigenvalue weighted by Crippen LogP contribution is -2.19. The van der Waals surface area contributed by atoms with E-state index in [4.69, 9.17) is 10.5 Å². The van der Waals surface area contributed by atoms with Gasteiger partial charge < -0.3 is 15.4 Å². The molecule has 0 aromatic heterocycles. The lowest BCUT2D eigenvalue weighted by Gasteiger charge is -2.11. The maximum Gasteiger partial charge on any atom is 0.119 e. The van der Waals surface area contributed by atoms with E-state index in [2.05, 4.69) is 4.90 Å². The second kappa shape index (κ2) is 6.25. The van der Waals surface area contributed by atoms with Gasteiger partial charge in [-0.2, -0.15) is 0 Å². The van der Waals surface area contributed by atoms with Crippen molar-refractivity contribution in [2.24, 2.45) is 0 Å². The van der Waals surface area contributed by atoms with Crippen LogP contribution in [0.15, 0.2) is 48.5 Å². The van der Waals surface area contributed by atoms with Crippen LogP contribution in [0.3, 0.4) is 0 Å². The quantitative estimate of drug-likeness (QED) is 0.836. The molecule has 2 aromatic rings. The van der Waals surface area contributed by atoms with Gasteiger partial charge >= 0.3 is 0 Å². The van der Waals surface area contributed by atoms with Crippen LogP contribution in [0.2, 0.25) is 0 Å². The number of nitrogens with zero attached hydrogens (tertiary/aromatic N) is 1. The maximum absolute atomic E-state index is 5.97. The van der Waals surface area contributed by atoms with Gasteiger partial charge in [0.25, 0.3) is 0 Å². The van der Waals surface area contributed by atoms with E-state index in [0.29, 0.717) is 6.61 Å². The Balaban J connectivity index is 2.04. The fraction of sp³-hybridized carbons (Fsp3) is 0.250. The molecule has 0 unspecified atom stereocenters. The average Bonchev–Trinajstić information content (AvgIpc) is 2.40. The lowest BCUT2D eigenvalue weighted by molar-refractivity contribution is 0.261. The Morgan fingerprint density at radius 1 is 1.00 bits per heavy atom. The van der Waals surface area contributed by atoms with Gasteiger partial charge in [0.05, 0.1) is 0 Å². The molecule has 19 heavy (non-hydrogen) atoms. The van der Waals surface area contributed by atoms with Crippen molar-refractivity contribution in [2.75, 3.05) is 33.0 Å². The Morgan fingerprint density at radius 2 is 1.68 bits per heavy atom. The second-order valence-electron chi connectivity index (χ2n) is 4.76. The van der Waals surface area contributed by atoms with Crippen molar-refractivity contribution in [3.8, 4) is 16.9 Å². The molecule has 0 fully saturated rings. The number of benzene rings is 2. The summed E-state index contributed by atoms with van der Waals surface area (Å²) in [5, 5.41) is 0. The van der Waals surface area contributed by atoms with Gasteiger partial charge in [-0.1, -0.05) is 30.3 Å². The monoisotopic (exact) mass is 256 g/mol. The summed E-state index contributed by atoms with van der Waals surface area (Å²) in [6.45, 7) is 1.60. The number of para-hydroxylation sites is 1. The summed E-state index contributed by atoms with van der Waals surface area (Å²) < 4.78 is 5.67. The van der Waals surface area contributed by atoms with E-state index in [1.54, 1.807) is 0 Å². The minimum atomic E-state index is 0.694. The average molecular weight is 256 g/mol. The highest BCUT2D eigenvalue weighted by atomic mass is 16.5. The van der Waals surface area contributed by atoms with Crippen molar-refractivity contribution in [1.29, 1.82) is 0 Å². The molecular weight excluding hydrogens is 236 g/mol. The number of hydrogen-bond acceptors (Lipinski definition) is 3. The van der Waals surface area contributed by atoms with E-state index in [9.17, 15) is 0 Å². The molecule has 100 valence electrons. The number of rotatable bonds is 5. The Morgan fingerprint density at radius 3 is 2.32 bits per heavy atom. The molecule has 2 rings (SSSR count). The van der Waals surface area contributed by atoms with Crippen LogP contribution in [0, 0.1) is 0 Å². The van der Waals surface area contributed by atoms with E-state index in [1.165, 1.54) is 0 Å². The van der Waals surface area contributed by atoms with Crippen LogP contribution < -0.4 is 10.5 Å². The summed E-state index contributed by atoms with van der Waals surface area (Å²) >= 11 is 0. The van der Waals surface area contributed by atoms with E-state index >= 15 is 0 Å². The molecule has 0 saturated carbocycles. The van der Waals surface area contributed by atoms with Gasteiger partial charge in [-0.05, 0) is 37.9 Å². The highest BCUT2D eigenvalue weighted by molar-refractivity contribution is 5.76. The van der Waals surface area contributed by atoms with Crippen LogP contribution in [-0.4, -0.2) is 32.1 Å². The topological polar surface area (TPSA) is 38.5 Å². The van der Waals surface area contributed by atoms with Crippen LogP contribution in [0.4, 0.5) is 5.69 Å². The van der Waals surface area contributed by atoms with Gasteiger partial charge in [0.1, 0.15) is 12.4 Å². The smallest absolute Gasteiger partial charge is 0.119 e. The van der Waals surface area contributed by atoms with Gasteiger partial charge in [0.15, 0.2) is 0 Å². The molecule has 0 saturated heterocycles. The molecule has 0 spiro atoms. The predicted octanol–water partition coefficient (Wildman–Crippen LogP) is 2.88. The highest BCUT2D eigenvalue weighted by Gasteiger charge is 2.02. The van der Waals surface area contributed by atoms with Gasteiger partial charge in [-0.3, -0.25) is 0 Å².